The molecule has 0 unspecified atom stereocenters. The number of pyridine rings is 1. The van der Waals surface area contributed by atoms with Crippen LogP contribution in [0.1, 0.15) is 31.1 Å². The number of anilines is 1. The molecule has 0 aliphatic heterocycles. The predicted octanol–water partition coefficient (Wildman–Crippen LogP) is 2.10. The maximum atomic E-state index is 12.2. The van der Waals surface area contributed by atoms with Crippen molar-refractivity contribution in [3.8, 4) is 11.5 Å². The van der Waals surface area contributed by atoms with Gasteiger partial charge in [-0.15, -0.1) is 0 Å². The lowest BCUT2D eigenvalue weighted by Crippen LogP contribution is -2.54. The van der Waals surface area contributed by atoms with Crippen LogP contribution in [0.3, 0.4) is 0 Å². The number of aromatic hydroxyl groups is 2. The van der Waals surface area contributed by atoms with Crippen molar-refractivity contribution in [1.29, 1.82) is 0 Å². The number of Topliss-reactive ketones (excluding diaryl/α,β-unsaturated/α-hetero) is 1. The highest BCUT2D eigenvalue weighted by Gasteiger charge is 2.31. The van der Waals surface area contributed by atoms with E-state index in [1.807, 2.05) is 19.9 Å². The van der Waals surface area contributed by atoms with Crippen LogP contribution < -0.4 is 10.2 Å². The Morgan fingerprint density at radius 1 is 1.15 bits per heavy atom. The Bertz CT molecular complexity index is 791. The van der Waals surface area contributed by atoms with Crippen LogP contribution in [-0.2, 0) is 4.79 Å². The Hall–Kier alpha value is -2.93. The molecule has 1 aromatic carbocycles. The quantitative estimate of drug-likeness (QED) is 0.518. The molecule has 0 fully saturated rings. The minimum absolute atomic E-state index is 0.0294. The Balaban J connectivity index is 2.03. The fourth-order valence-electron chi connectivity index (χ4n) is 2.74. The maximum absolute atomic E-state index is 12.2. The number of aromatic nitrogens is 1. The molecule has 0 atom stereocenters. The third kappa shape index (κ3) is 4.58. The number of benzene rings is 1. The maximum Gasteiger partial charge on any atom is 0.225 e. The second kappa shape index (κ2) is 7.97. The number of rotatable bonds is 7. The van der Waals surface area contributed by atoms with Gasteiger partial charge in [-0.2, -0.15) is 0 Å². The van der Waals surface area contributed by atoms with Crippen LogP contribution in [0.15, 0.2) is 42.6 Å². The molecule has 7 heteroatoms. The molecule has 138 valence electrons. The zero-order valence-electron chi connectivity index (χ0n) is 15.1. The van der Waals surface area contributed by atoms with Gasteiger partial charge < -0.3 is 15.5 Å². The Kier molecular flexibility index (Phi) is 5.94. The van der Waals surface area contributed by atoms with Gasteiger partial charge in [0.1, 0.15) is 5.82 Å². The first-order chi connectivity index (χ1) is 12.2. The van der Waals surface area contributed by atoms with E-state index >= 15 is 0 Å². The summed E-state index contributed by atoms with van der Waals surface area (Å²) in [6.45, 7) is 5.63. The highest BCUT2D eigenvalue weighted by molar-refractivity contribution is 5.98. The Labute approximate surface area is 152 Å². The topological polar surface area (TPSA) is 103 Å². The van der Waals surface area contributed by atoms with Crippen molar-refractivity contribution < 1.29 is 19.8 Å². The van der Waals surface area contributed by atoms with Gasteiger partial charge in [-0.05, 0) is 44.2 Å². The lowest BCUT2D eigenvalue weighted by molar-refractivity contribution is -0.117. The van der Waals surface area contributed by atoms with Crippen LogP contribution in [0.5, 0.6) is 11.5 Å². The van der Waals surface area contributed by atoms with E-state index in [0.29, 0.717) is 17.9 Å². The lowest BCUT2D eigenvalue weighted by Gasteiger charge is -2.37. The van der Waals surface area contributed by atoms with Crippen molar-refractivity contribution in [3.63, 3.8) is 0 Å². The second-order valence-corrected chi connectivity index (χ2v) is 6.59. The standard InChI is InChI=1S/C19H23N3O4/c1-13(23)22(18-6-4-5-9-21-18)19(2,3)12-20-11-17(26)14-7-8-15(24)16(25)10-14/h4-10,20,24-25H,11-12H2,1-3H3. The first-order valence-electron chi connectivity index (χ1n) is 8.20. The van der Waals surface area contributed by atoms with Gasteiger partial charge in [0.05, 0.1) is 12.1 Å². The number of ketones is 1. The predicted molar refractivity (Wildman–Crippen MR) is 98.4 cm³/mol. The van der Waals surface area contributed by atoms with Crippen LogP contribution >= 0.6 is 0 Å². The van der Waals surface area contributed by atoms with E-state index in [0.717, 1.165) is 0 Å². The van der Waals surface area contributed by atoms with E-state index in [-0.39, 0.29) is 29.7 Å². The Morgan fingerprint density at radius 3 is 2.46 bits per heavy atom. The van der Waals surface area contributed by atoms with Crippen molar-refractivity contribution in [2.45, 2.75) is 26.3 Å². The smallest absolute Gasteiger partial charge is 0.225 e. The zero-order chi connectivity index (χ0) is 19.3. The average molecular weight is 357 g/mol. The number of nitrogens with zero attached hydrogens (tertiary/aromatic N) is 2. The van der Waals surface area contributed by atoms with E-state index in [2.05, 4.69) is 10.3 Å². The summed E-state index contributed by atoms with van der Waals surface area (Å²) in [5, 5.41) is 21.8. The fourth-order valence-corrected chi connectivity index (χ4v) is 2.74. The second-order valence-electron chi connectivity index (χ2n) is 6.59. The van der Waals surface area contributed by atoms with Gasteiger partial charge in [-0.1, -0.05) is 6.07 Å². The highest BCUT2D eigenvalue weighted by atomic mass is 16.3. The van der Waals surface area contributed by atoms with Crippen LogP contribution in [0.2, 0.25) is 0 Å². The fraction of sp³-hybridized carbons (Fsp3) is 0.316. The van der Waals surface area contributed by atoms with Gasteiger partial charge in [-0.25, -0.2) is 4.98 Å². The summed E-state index contributed by atoms with van der Waals surface area (Å²) < 4.78 is 0. The minimum atomic E-state index is -0.614. The molecular formula is C19H23N3O4. The molecule has 0 saturated carbocycles. The monoisotopic (exact) mass is 357 g/mol. The summed E-state index contributed by atoms with van der Waals surface area (Å²) in [6, 6.07) is 9.28. The molecule has 26 heavy (non-hydrogen) atoms. The Morgan fingerprint density at radius 2 is 1.88 bits per heavy atom. The summed E-state index contributed by atoms with van der Waals surface area (Å²) in [5.74, 6) is -0.452. The molecule has 0 aliphatic carbocycles. The molecule has 0 saturated heterocycles. The molecule has 0 spiro atoms. The third-order valence-corrected chi connectivity index (χ3v) is 3.94. The van der Waals surface area contributed by atoms with Crippen LogP contribution in [-0.4, -0.2) is 45.5 Å². The zero-order valence-corrected chi connectivity index (χ0v) is 15.1. The molecular weight excluding hydrogens is 334 g/mol. The number of hydrogen-bond acceptors (Lipinski definition) is 6. The van der Waals surface area contributed by atoms with Crippen molar-refractivity contribution >= 4 is 17.5 Å². The first kappa shape index (κ1) is 19.4. The minimum Gasteiger partial charge on any atom is -0.504 e. The number of amides is 1. The summed E-state index contributed by atoms with van der Waals surface area (Å²) >= 11 is 0. The van der Waals surface area contributed by atoms with E-state index < -0.39 is 5.54 Å². The van der Waals surface area contributed by atoms with Gasteiger partial charge >= 0.3 is 0 Å². The van der Waals surface area contributed by atoms with Gasteiger partial charge in [0.2, 0.25) is 5.91 Å². The molecule has 7 nitrogen and oxygen atoms in total. The SMILES string of the molecule is CC(=O)N(c1ccccn1)C(C)(C)CNCC(=O)c1ccc(O)c(O)c1. The molecule has 1 amide bonds. The van der Waals surface area contributed by atoms with Gasteiger partial charge in [-0.3, -0.25) is 14.5 Å². The number of carbonyl (C=O) groups is 2. The van der Waals surface area contributed by atoms with E-state index in [1.165, 1.54) is 25.1 Å². The van der Waals surface area contributed by atoms with E-state index in [4.69, 9.17) is 0 Å². The van der Waals surface area contributed by atoms with Crippen molar-refractivity contribution in [2.24, 2.45) is 0 Å². The lowest BCUT2D eigenvalue weighted by atomic mass is 10.0. The molecule has 2 rings (SSSR count). The van der Waals surface area contributed by atoms with Crippen molar-refractivity contribution in [1.82, 2.24) is 10.3 Å². The van der Waals surface area contributed by atoms with Gasteiger partial charge in [0, 0.05) is 25.2 Å². The molecule has 0 aliphatic rings. The number of carbonyl (C=O) groups excluding carboxylic acids is 2. The summed E-state index contributed by atoms with van der Waals surface area (Å²) in [5.41, 5.74) is -0.323. The van der Waals surface area contributed by atoms with Gasteiger partial charge in [0.25, 0.3) is 0 Å². The molecule has 3 N–H and O–H groups in total. The first-order valence-corrected chi connectivity index (χ1v) is 8.20. The molecule has 1 heterocycles. The molecule has 0 bridgehead atoms. The summed E-state index contributed by atoms with van der Waals surface area (Å²) in [7, 11) is 0. The number of nitrogens with one attached hydrogen (secondary N) is 1. The number of phenols is 2. The normalized spacial score (nSPS) is 11.2. The summed E-state index contributed by atoms with van der Waals surface area (Å²) in [4.78, 5) is 30.2. The van der Waals surface area contributed by atoms with Crippen molar-refractivity contribution in [2.75, 3.05) is 18.0 Å². The van der Waals surface area contributed by atoms with Crippen LogP contribution in [0.25, 0.3) is 0 Å². The summed E-state index contributed by atoms with van der Waals surface area (Å²) in [6.07, 6.45) is 1.62. The van der Waals surface area contributed by atoms with Gasteiger partial charge in [0.15, 0.2) is 17.3 Å². The average Bonchev–Trinajstić information content (AvgIpc) is 2.57. The van der Waals surface area contributed by atoms with Crippen LogP contribution in [0.4, 0.5) is 5.82 Å². The number of phenolic OH excluding ortho intramolecular Hbond substituents is 2. The van der Waals surface area contributed by atoms with Crippen molar-refractivity contribution in [3.05, 3.63) is 48.2 Å². The molecule has 0 radical (unpaired) electrons. The molecule has 1 aromatic heterocycles. The number of hydrogen-bond donors (Lipinski definition) is 3. The van der Waals surface area contributed by atoms with E-state index in [9.17, 15) is 19.8 Å². The highest BCUT2D eigenvalue weighted by Crippen LogP contribution is 2.25. The van der Waals surface area contributed by atoms with Crippen LogP contribution in [0, 0.1) is 0 Å². The van der Waals surface area contributed by atoms with E-state index in [1.54, 1.807) is 23.2 Å². The molecule has 2 aromatic rings. The largest absolute Gasteiger partial charge is 0.504 e. The third-order valence-electron chi connectivity index (χ3n) is 3.94.